The molecule has 2 fully saturated rings. The van der Waals surface area contributed by atoms with Gasteiger partial charge < -0.3 is 5.32 Å². The molecule has 1 N–H and O–H groups in total. The number of halogens is 2. The van der Waals surface area contributed by atoms with Gasteiger partial charge in [0.05, 0.1) is 0 Å². The minimum Gasteiger partial charge on any atom is -0.319 e. The Morgan fingerprint density at radius 3 is 2.83 bits per heavy atom. The summed E-state index contributed by atoms with van der Waals surface area (Å²) >= 11 is 11.5. The van der Waals surface area contributed by atoms with Crippen molar-refractivity contribution in [3.8, 4) is 0 Å². The van der Waals surface area contributed by atoms with Gasteiger partial charge >= 0.3 is 0 Å². The Balaban J connectivity index is 1.87. The number of hydrogen-bond donors (Lipinski definition) is 1. The second-order valence-electron chi connectivity index (χ2n) is 5.29. The lowest BCUT2D eigenvalue weighted by Gasteiger charge is -2.27. The third-order valence-electron chi connectivity index (χ3n) is 4.00. The lowest BCUT2D eigenvalue weighted by Crippen LogP contribution is -2.30. The number of rotatable bonds is 4. The van der Waals surface area contributed by atoms with E-state index in [0.717, 1.165) is 27.3 Å². The van der Waals surface area contributed by atoms with E-state index in [9.17, 15) is 0 Å². The van der Waals surface area contributed by atoms with Gasteiger partial charge in [-0.25, -0.2) is 0 Å². The first-order chi connectivity index (χ1) is 8.70. The van der Waals surface area contributed by atoms with Gasteiger partial charge in [-0.3, -0.25) is 4.90 Å². The zero-order valence-electron chi connectivity index (χ0n) is 10.5. The number of hydrogen-bond acceptors (Lipinski definition) is 3. The number of nitrogens with one attached hydrogen (secondary N) is 1. The first-order valence-corrected chi connectivity index (χ1v) is 8.54. The van der Waals surface area contributed by atoms with Crippen molar-refractivity contribution in [3.05, 3.63) is 19.8 Å². The first kappa shape index (κ1) is 13.4. The van der Waals surface area contributed by atoms with Crippen molar-refractivity contribution in [3.63, 3.8) is 0 Å². The molecule has 1 aromatic rings. The molecule has 0 spiro atoms. The van der Waals surface area contributed by atoms with Crippen molar-refractivity contribution in [1.82, 2.24) is 10.2 Å². The summed E-state index contributed by atoms with van der Waals surface area (Å²) in [4.78, 5) is 4.13. The predicted octanol–water partition coefficient (Wildman–Crippen LogP) is 3.91. The van der Waals surface area contributed by atoms with E-state index in [0.29, 0.717) is 6.04 Å². The molecule has 2 atom stereocenters. The Hall–Kier alpha value is 0.390. The van der Waals surface area contributed by atoms with Gasteiger partial charge in [-0.1, -0.05) is 11.6 Å². The molecule has 2 nitrogen and oxygen atoms in total. The Morgan fingerprint density at radius 2 is 2.28 bits per heavy atom. The van der Waals surface area contributed by atoms with E-state index in [-0.39, 0.29) is 0 Å². The van der Waals surface area contributed by atoms with E-state index in [2.05, 4.69) is 32.2 Å². The number of thiophene rings is 1. The van der Waals surface area contributed by atoms with E-state index in [4.69, 9.17) is 11.6 Å². The maximum Gasteiger partial charge on any atom is 0.107 e. The summed E-state index contributed by atoms with van der Waals surface area (Å²) in [6.07, 6.45) is 4.06. The summed E-state index contributed by atoms with van der Waals surface area (Å²) in [7, 11) is 2.05. The molecule has 1 aromatic heterocycles. The molecule has 2 unspecified atom stereocenters. The SMILES string of the molecule is CNCC1CCN(C2CC2)C1c1cc(Br)c(Cl)s1. The van der Waals surface area contributed by atoms with Crippen LogP contribution in [0.25, 0.3) is 0 Å². The highest BCUT2D eigenvalue weighted by Gasteiger charge is 2.43. The van der Waals surface area contributed by atoms with Gasteiger partial charge in [-0.2, -0.15) is 0 Å². The highest BCUT2D eigenvalue weighted by atomic mass is 79.9. The van der Waals surface area contributed by atoms with Gasteiger partial charge in [-0.15, -0.1) is 11.3 Å². The van der Waals surface area contributed by atoms with Crippen LogP contribution in [0.15, 0.2) is 10.5 Å². The Labute approximate surface area is 126 Å². The standard InChI is InChI=1S/C13H18BrClN2S/c1-16-7-8-4-5-17(9-2-3-9)12(8)11-6-10(14)13(15)18-11/h6,8-9,12,16H,2-5,7H2,1H3. The molecular formula is C13H18BrClN2S. The van der Waals surface area contributed by atoms with Gasteiger partial charge in [-0.05, 0) is 67.3 Å². The molecule has 1 aliphatic carbocycles. The van der Waals surface area contributed by atoms with Crippen molar-refractivity contribution >= 4 is 38.9 Å². The quantitative estimate of drug-likeness (QED) is 0.886. The lowest BCUT2D eigenvalue weighted by molar-refractivity contribution is 0.221. The zero-order chi connectivity index (χ0) is 12.7. The second-order valence-corrected chi connectivity index (χ2v) is 7.83. The van der Waals surface area contributed by atoms with Gasteiger partial charge in [0.2, 0.25) is 0 Å². The Bertz CT molecular complexity index is 413. The first-order valence-electron chi connectivity index (χ1n) is 6.55. The highest BCUT2D eigenvalue weighted by molar-refractivity contribution is 9.10. The largest absolute Gasteiger partial charge is 0.319 e. The van der Waals surface area contributed by atoms with E-state index in [1.807, 2.05) is 7.05 Å². The van der Waals surface area contributed by atoms with Crippen molar-refractivity contribution in [2.75, 3.05) is 20.1 Å². The van der Waals surface area contributed by atoms with Crippen LogP contribution >= 0.6 is 38.9 Å². The van der Waals surface area contributed by atoms with Gasteiger partial charge in [0.1, 0.15) is 4.34 Å². The van der Waals surface area contributed by atoms with E-state index in [1.165, 1.54) is 30.7 Å². The van der Waals surface area contributed by atoms with Crippen molar-refractivity contribution in [2.45, 2.75) is 31.3 Å². The van der Waals surface area contributed by atoms with Crippen LogP contribution in [-0.4, -0.2) is 31.1 Å². The van der Waals surface area contributed by atoms with Crippen LogP contribution in [0.3, 0.4) is 0 Å². The maximum atomic E-state index is 6.21. The fraction of sp³-hybridized carbons (Fsp3) is 0.692. The van der Waals surface area contributed by atoms with Crippen molar-refractivity contribution in [1.29, 1.82) is 0 Å². The Morgan fingerprint density at radius 1 is 1.50 bits per heavy atom. The molecule has 0 radical (unpaired) electrons. The molecule has 18 heavy (non-hydrogen) atoms. The normalized spacial score (nSPS) is 29.1. The Kier molecular flexibility index (Phi) is 4.02. The summed E-state index contributed by atoms with van der Waals surface area (Å²) < 4.78 is 1.94. The fourth-order valence-corrected chi connectivity index (χ4v) is 5.03. The molecule has 2 heterocycles. The second kappa shape index (κ2) is 5.41. The lowest BCUT2D eigenvalue weighted by atomic mass is 9.99. The van der Waals surface area contributed by atoms with Crippen LogP contribution in [0.2, 0.25) is 4.34 Å². The molecule has 0 amide bonds. The number of nitrogens with zero attached hydrogens (tertiary/aromatic N) is 1. The molecule has 100 valence electrons. The third-order valence-corrected chi connectivity index (χ3v) is 6.55. The van der Waals surface area contributed by atoms with Crippen LogP contribution in [0, 0.1) is 5.92 Å². The molecule has 2 aliphatic rings. The van der Waals surface area contributed by atoms with E-state index in [1.54, 1.807) is 11.3 Å². The van der Waals surface area contributed by atoms with Crippen LogP contribution in [0.1, 0.15) is 30.2 Å². The van der Waals surface area contributed by atoms with Gasteiger partial charge in [0, 0.05) is 21.4 Å². The maximum absolute atomic E-state index is 6.21. The van der Waals surface area contributed by atoms with E-state index >= 15 is 0 Å². The van der Waals surface area contributed by atoms with Crippen molar-refractivity contribution in [2.24, 2.45) is 5.92 Å². The summed E-state index contributed by atoms with van der Waals surface area (Å²) in [5, 5.41) is 3.34. The molecular weight excluding hydrogens is 332 g/mol. The van der Waals surface area contributed by atoms with Gasteiger partial charge in [0.15, 0.2) is 0 Å². The van der Waals surface area contributed by atoms with E-state index < -0.39 is 0 Å². The molecule has 0 aromatic carbocycles. The average molecular weight is 350 g/mol. The molecule has 1 saturated heterocycles. The van der Waals surface area contributed by atoms with Crippen LogP contribution in [-0.2, 0) is 0 Å². The van der Waals surface area contributed by atoms with Crippen LogP contribution in [0.4, 0.5) is 0 Å². The topological polar surface area (TPSA) is 15.3 Å². The molecule has 3 rings (SSSR count). The molecule has 5 heteroatoms. The molecule has 1 saturated carbocycles. The predicted molar refractivity (Wildman–Crippen MR) is 81.5 cm³/mol. The summed E-state index contributed by atoms with van der Waals surface area (Å²) in [6.45, 7) is 2.34. The smallest absolute Gasteiger partial charge is 0.107 e. The summed E-state index contributed by atoms with van der Waals surface area (Å²) in [5.74, 6) is 0.720. The van der Waals surface area contributed by atoms with Crippen LogP contribution in [0.5, 0.6) is 0 Å². The molecule has 1 aliphatic heterocycles. The summed E-state index contributed by atoms with van der Waals surface area (Å²) in [5.41, 5.74) is 0. The third kappa shape index (κ3) is 2.50. The average Bonchev–Trinajstić information content (AvgIpc) is 3.02. The monoisotopic (exact) mass is 348 g/mol. The van der Waals surface area contributed by atoms with Gasteiger partial charge in [0.25, 0.3) is 0 Å². The fourth-order valence-electron chi connectivity index (χ4n) is 3.08. The zero-order valence-corrected chi connectivity index (χ0v) is 13.6. The number of likely N-dealkylation sites (tertiary alicyclic amines) is 1. The highest BCUT2D eigenvalue weighted by Crippen LogP contribution is 2.47. The summed E-state index contributed by atoms with van der Waals surface area (Å²) in [6, 6.07) is 3.62. The van der Waals surface area contributed by atoms with Crippen LogP contribution < -0.4 is 5.32 Å². The minimum absolute atomic E-state index is 0.568. The van der Waals surface area contributed by atoms with Crippen molar-refractivity contribution < 1.29 is 0 Å². The minimum atomic E-state index is 0.568. The molecule has 0 bridgehead atoms.